The van der Waals surface area contributed by atoms with Crippen LogP contribution in [0.4, 0.5) is 0 Å². The summed E-state index contributed by atoms with van der Waals surface area (Å²) >= 11 is 0. The number of benzene rings is 2. The predicted molar refractivity (Wildman–Crippen MR) is 110 cm³/mol. The number of H-pyrrole nitrogens is 1. The van der Waals surface area contributed by atoms with Crippen LogP contribution in [0, 0.1) is 0 Å². The number of aromatic nitrogens is 1. The number of phenols is 1. The number of pyridine rings is 1. The van der Waals surface area contributed by atoms with Gasteiger partial charge in [-0.3, -0.25) is 14.8 Å². The van der Waals surface area contributed by atoms with Gasteiger partial charge in [0.25, 0.3) is 5.56 Å². The predicted octanol–water partition coefficient (Wildman–Crippen LogP) is 3.83. The summed E-state index contributed by atoms with van der Waals surface area (Å²) < 4.78 is 10.2. The van der Waals surface area contributed by atoms with Crippen LogP contribution in [0.15, 0.2) is 69.2 Å². The zero-order valence-electron chi connectivity index (χ0n) is 15.5. The van der Waals surface area contributed by atoms with E-state index in [1.807, 2.05) is 18.2 Å². The minimum atomic E-state index is -0.381. The van der Waals surface area contributed by atoms with Crippen molar-refractivity contribution in [3.05, 3.63) is 76.5 Å². The van der Waals surface area contributed by atoms with Gasteiger partial charge in [0, 0.05) is 22.6 Å². The Morgan fingerprint density at radius 1 is 1.10 bits per heavy atom. The van der Waals surface area contributed by atoms with Crippen LogP contribution >= 0.6 is 0 Å². The van der Waals surface area contributed by atoms with Crippen LogP contribution < -0.4 is 10.3 Å². The topological polar surface area (TPSA) is 108 Å². The molecular weight excluding hydrogens is 372 g/mol. The van der Waals surface area contributed by atoms with Crippen molar-refractivity contribution in [3.8, 4) is 28.5 Å². The number of aromatic hydroxyl groups is 2. The van der Waals surface area contributed by atoms with Gasteiger partial charge in [0.15, 0.2) is 11.5 Å². The summed E-state index contributed by atoms with van der Waals surface area (Å²) in [5.74, 6) is 0.157. The van der Waals surface area contributed by atoms with E-state index < -0.39 is 0 Å². The first-order valence-corrected chi connectivity index (χ1v) is 8.84. The highest BCUT2D eigenvalue weighted by atomic mass is 16.5. The molecule has 0 atom stereocenters. The molecule has 0 aliphatic heterocycles. The highest BCUT2D eigenvalue weighted by molar-refractivity contribution is 6.02. The first-order chi connectivity index (χ1) is 14.1. The summed E-state index contributed by atoms with van der Waals surface area (Å²) in [6.07, 6.45) is 4.69. The molecule has 0 aliphatic rings. The molecule has 7 heteroatoms. The Labute approximate surface area is 165 Å². The molecule has 7 nitrogen and oxygen atoms in total. The Kier molecular flexibility index (Phi) is 4.78. The molecule has 146 valence electrons. The number of aliphatic imine (C=N–C) groups is 1. The zero-order chi connectivity index (χ0) is 20.4. The number of ether oxygens (including phenoxy) is 1. The normalized spacial score (nSPS) is 11.3. The summed E-state index contributed by atoms with van der Waals surface area (Å²) in [7, 11) is 1.48. The number of furan rings is 1. The summed E-state index contributed by atoms with van der Waals surface area (Å²) in [4.78, 5) is 19.0. The molecule has 0 saturated carbocycles. The van der Waals surface area contributed by atoms with Gasteiger partial charge in [-0.2, -0.15) is 0 Å². The van der Waals surface area contributed by atoms with Crippen LogP contribution in [0.5, 0.6) is 17.4 Å². The third-order valence-electron chi connectivity index (χ3n) is 4.63. The Balaban J connectivity index is 1.72. The van der Waals surface area contributed by atoms with Crippen LogP contribution in [-0.2, 0) is 6.54 Å². The number of aromatic amines is 1. The maximum absolute atomic E-state index is 12.2. The fourth-order valence-electron chi connectivity index (χ4n) is 3.15. The maximum atomic E-state index is 12.2. The molecule has 0 saturated heterocycles. The zero-order valence-corrected chi connectivity index (χ0v) is 15.5. The number of nitrogens with one attached hydrogen (secondary N) is 1. The molecule has 3 N–H and O–H groups in total. The molecule has 29 heavy (non-hydrogen) atoms. The average Bonchev–Trinajstić information content (AvgIpc) is 3.25. The van der Waals surface area contributed by atoms with Crippen LogP contribution in [0.1, 0.15) is 11.1 Å². The Morgan fingerprint density at radius 2 is 1.97 bits per heavy atom. The summed E-state index contributed by atoms with van der Waals surface area (Å²) in [5.41, 5.74) is 2.51. The first kappa shape index (κ1) is 18.4. The number of rotatable bonds is 5. The Hall–Kier alpha value is -4.00. The van der Waals surface area contributed by atoms with Crippen LogP contribution in [-0.4, -0.2) is 28.5 Å². The maximum Gasteiger partial charge on any atom is 0.258 e. The average molecular weight is 390 g/mol. The SMILES string of the molecule is COc1ccc(CN=Cc2c(O)[nH]c(=O)c3ccc(-c4ccoc4)cc23)cc1O. The van der Waals surface area contributed by atoms with Crippen molar-refractivity contribution in [1.82, 2.24) is 4.98 Å². The van der Waals surface area contributed by atoms with E-state index in [2.05, 4.69) is 9.98 Å². The molecule has 0 fully saturated rings. The van der Waals surface area contributed by atoms with Crippen molar-refractivity contribution in [2.75, 3.05) is 7.11 Å². The van der Waals surface area contributed by atoms with Gasteiger partial charge in [-0.25, -0.2) is 0 Å². The molecule has 2 heterocycles. The van der Waals surface area contributed by atoms with E-state index >= 15 is 0 Å². The third kappa shape index (κ3) is 3.58. The van der Waals surface area contributed by atoms with E-state index in [0.29, 0.717) is 22.1 Å². The number of nitrogens with zero attached hydrogens (tertiary/aromatic N) is 1. The first-order valence-electron chi connectivity index (χ1n) is 8.84. The van der Waals surface area contributed by atoms with Crippen molar-refractivity contribution >= 4 is 17.0 Å². The number of fused-ring (bicyclic) bond motifs is 1. The van der Waals surface area contributed by atoms with E-state index in [4.69, 9.17) is 9.15 Å². The molecule has 0 spiro atoms. The van der Waals surface area contributed by atoms with Crippen LogP contribution in [0.2, 0.25) is 0 Å². The second kappa shape index (κ2) is 7.55. The van der Waals surface area contributed by atoms with Crippen molar-refractivity contribution < 1.29 is 19.4 Å². The van der Waals surface area contributed by atoms with Crippen molar-refractivity contribution in [2.24, 2.45) is 4.99 Å². The summed E-state index contributed by atoms with van der Waals surface area (Å²) in [6.45, 7) is 0.277. The van der Waals surface area contributed by atoms with Gasteiger partial charge < -0.3 is 19.4 Å². The second-order valence-electron chi connectivity index (χ2n) is 6.46. The number of hydrogen-bond acceptors (Lipinski definition) is 6. The molecule has 0 amide bonds. The van der Waals surface area contributed by atoms with Gasteiger partial charge in [-0.1, -0.05) is 12.1 Å². The van der Waals surface area contributed by atoms with Gasteiger partial charge in [-0.15, -0.1) is 0 Å². The highest BCUT2D eigenvalue weighted by Crippen LogP contribution is 2.28. The quantitative estimate of drug-likeness (QED) is 0.449. The van der Waals surface area contributed by atoms with Crippen LogP contribution in [0.25, 0.3) is 21.9 Å². The van der Waals surface area contributed by atoms with Gasteiger partial charge in [0.2, 0.25) is 5.88 Å². The molecule has 0 radical (unpaired) electrons. The monoisotopic (exact) mass is 390 g/mol. The largest absolute Gasteiger partial charge is 0.504 e. The standard InChI is InChI=1S/C22H18N2O5/c1-28-20-5-2-13(8-19(20)25)10-23-11-18-17-9-14(15-6-7-29-12-15)3-4-16(17)21(26)24-22(18)27/h2-9,11-12,25H,10H2,1H3,(H2,24,26,27). The molecule has 0 aliphatic carbocycles. The van der Waals surface area contributed by atoms with Gasteiger partial charge in [0.05, 0.1) is 31.7 Å². The minimum Gasteiger partial charge on any atom is -0.504 e. The van der Waals surface area contributed by atoms with Crippen molar-refractivity contribution in [3.63, 3.8) is 0 Å². The fourth-order valence-corrected chi connectivity index (χ4v) is 3.15. The Bertz CT molecular complexity index is 1260. The Morgan fingerprint density at radius 3 is 2.69 bits per heavy atom. The third-order valence-corrected chi connectivity index (χ3v) is 4.63. The number of hydrogen-bond donors (Lipinski definition) is 3. The fraction of sp³-hybridized carbons (Fsp3) is 0.0909. The van der Waals surface area contributed by atoms with Gasteiger partial charge in [-0.05, 0) is 41.5 Å². The molecule has 2 aromatic carbocycles. The second-order valence-corrected chi connectivity index (χ2v) is 6.46. The molecule has 4 aromatic rings. The van der Waals surface area contributed by atoms with E-state index in [9.17, 15) is 15.0 Å². The molecule has 4 rings (SSSR count). The van der Waals surface area contributed by atoms with Crippen LogP contribution in [0.3, 0.4) is 0 Å². The van der Waals surface area contributed by atoms with Crippen molar-refractivity contribution in [2.45, 2.75) is 6.54 Å². The molecule has 0 bridgehead atoms. The lowest BCUT2D eigenvalue weighted by atomic mass is 10.0. The summed E-state index contributed by atoms with van der Waals surface area (Å²) in [5, 5.41) is 21.2. The van der Waals surface area contributed by atoms with Crippen molar-refractivity contribution in [1.29, 1.82) is 0 Å². The molecular formula is C22H18N2O5. The lowest BCUT2D eigenvalue weighted by Gasteiger charge is -2.07. The van der Waals surface area contributed by atoms with E-state index in [1.165, 1.54) is 13.3 Å². The minimum absolute atomic E-state index is 0.0299. The molecule has 2 aromatic heterocycles. The van der Waals surface area contributed by atoms with Gasteiger partial charge in [0.1, 0.15) is 0 Å². The number of phenolic OH excluding ortho intramolecular Hbond substituents is 1. The molecule has 0 unspecified atom stereocenters. The highest BCUT2D eigenvalue weighted by Gasteiger charge is 2.11. The van der Waals surface area contributed by atoms with Gasteiger partial charge >= 0.3 is 0 Å². The van der Waals surface area contributed by atoms with E-state index in [-0.39, 0.29) is 23.7 Å². The smallest absolute Gasteiger partial charge is 0.258 e. The van der Waals surface area contributed by atoms with E-state index in [0.717, 1.165) is 16.7 Å². The lowest BCUT2D eigenvalue weighted by molar-refractivity contribution is 0.373. The number of methoxy groups -OCH3 is 1. The van der Waals surface area contributed by atoms with E-state index in [1.54, 1.807) is 36.8 Å². The lowest BCUT2D eigenvalue weighted by Crippen LogP contribution is -2.08. The summed E-state index contributed by atoms with van der Waals surface area (Å²) in [6, 6.07) is 12.2.